The lowest BCUT2D eigenvalue weighted by molar-refractivity contribution is 0.0752. The molecule has 0 aromatic heterocycles. The van der Waals surface area contributed by atoms with Crippen LogP contribution in [0, 0.1) is 6.92 Å². The van der Waals surface area contributed by atoms with E-state index >= 15 is 0 Å². The van der Waals surface area contributed by atoms with E-state index < -0.39 is 0 Å². The fraction of sp³-hybridized carbons (Fsp3) is 0.500. The van der Waals surface area contributed by atoms with Crippen LogP contribution in [0.4, 0.5) is 5.69 Å². The number of benzene rings is 1. The first-order chi connectivity index (χ1) is 8.17. The van der Waals surface area contributed by atoms with E-state index in [0.717, 1.165) is 36.2 Å². The van der Waals surface area contributed by atoms with Gasteiger partial charge in [-0.1, -0.05) is 0 Å². The summed E-state index contributed by atoms with van der Waals surface area (Å²) < 4.78 is 0. The fourth-order valence-electron chi connectivity index (χ4n) is 2.20. The molecule has 17 heavy (non-hydrogen) atoms. The molecule has 0 unspecified atom stereocenters. The summed E-state index contributed by atoms with van der Waals surface area (Å²) in [7, 11) is 1.90. The third-order valence-electron chi connectivity index (χ3n) is 3.33. The van der Waals surface area contributed by atoms with Crippen molar-refractivity contribution in [3.63, 3.8) is 0 Å². The van der Waals surface area contributed by atoms with E-state index in [4.69, 9.17) is 0 Å². The quantitative estimate of drug-likeness (QED) is 0.865. The minimum Gasteiger partial charge on any atom is -0.388 e. The molecule has 3 heteroatoms. The summed E-state index contributed by atoms with van der Waals surface area (Å²) in [5, 5.41) is 3.11. The number of carbonyl (C=O) groups excluding carboxylic acids is 1. The Kier molecular flexibility index (Phi) is 3.36. The molecule has 0 bridgehead atoms. The van der Waals surface area contributed by atoms with Crippen LogP contribution in [-0.2, 0) is 0 Å². The van der Waals surface area contributed by atoms with Gasteiger partial charge in [-0.25, -0.2) is 0 Å². The number of aryl methyl sites for hydroxylation is 1. The Hall–Kier alpha value is -1.51. The zero-order valence-electron chi connectivity index (χ0n) is 10.8. The molecule has 1 aromatic carbocycles. The summed E-state index contributed by atoms with van der Waals surface area (Å²) in [4.78, 5) is 14.3. The third kappa shape index (κ3) is 2.43. The summed E-state index contributed by atoms with van der Waals surface area (Å²) in [6, 6.07) is 6.34. The van der Waals surface area contributed by atoms with Crippen LogP contribution in [0.3, 0.4) is 0 Å². The van der Waals surface area contributed by atoms with E-state index in [1.165, 1.54) is 0 Å². The average molecular weight is 232 g/mol. The Morgan fingerprint density at radius 1 is 1.47 bits per heavy atom. The van der Waals surface area contributed by atoms with Crippen LogP contribution in [0.1, 0.15) is 35.7 Å². The first kappa shape index (κ1) is 12.0. The van der Waals surface area contributed by atoms with Crippen LogP contribution < -0.4 is 5.32 Å². The number of amides is 1. The lowest BCUT2D eigenvalue weighted by atomic mass is 10.1. The van der Waals surface area contributed by atoms with Gasteiger partial charge in [0, 0.05) is 30.9 Å². The molecule has 1 aromatic rings. The topological polar surface area (TPSA) is 32.3 Å². The number of rotatable bonds is 4. The van der Waals surface area contributed by atoms with Crippen LogP contribution in [0.15, 0.2) is 18.2 Å². The van der Waals surface area contributed by atoms with E-state index in [9.17, 15) is 4.79 Å². The average Bonchev–Trinajstić information content (AvgIpc) is 3.14. The van der Waals surface area contributed by atoms with Crippen LogP contribution in [0.25, 0.3) is 0 Å². The Balaban J connectivity index is 2.21. The summed E-state index contributed by atoms with van der Waals surface area (Å²) >= 11 is 0. The van der Waals surface area contributed by atoms with Gasteiger partial charge in [-0.15, -0.1) is 0 Å². The minimum atomic E-state index is 0.167. The van der Waals surface area contributed by atoms with Gasteiger partial charge in [0.1, 0.15) is 0 Å². The highest BCUT2D eigenvalue weighted by atomic mass is 16.2. The molecule has 3 nitrogen and oxygen atoms in total. The summed E-state index contributed by atoms with van der Waals surface area (Å²) in [6.07, 6.45) is 2.32. The zero-order chi connectivity index (χ0) is 12.4. The number of anilines is 1. The lowest BCUT2D eigenvalue weighted by Gasteiger charge is -2.20. The second-order valence-corrected chi connectivity index (χ2v) is 4.60. The highest BCUT2D eigenvalue weighted by Crippen LogP contribution is 2.28. The molecule has 1 aliphatic carbocycles. The molecule has 0 saturated heterocycles. The number of hydrogen-bond acceptors (Lipinski definition) is 2. The molecule has 0 spiro atoms. The van der Waals surface area contributed by atoms with Crippen LogP contribution >= 0.6 is 0 Å². The summed E-state index contributed by atoms with van der Waals surface area (Å²) in [5.41, 5.74) is 3.00. The van der Waals surface area contributed by atoms with Gasteiger partial charge in [0.05, 0.1) is 0 Å². The Bertz CT molecular complexity index is 424. The first-order valence-electron chi connectivity index (χ1n) is 6.26. The Morgan fingerprint density at radius 2 is 2.18 bits per heavy atom. The molecule has 0 heterocycles. The maximum atomic E-state index is 12.3. The largest absolute Gasteiger partial charge is 0.388 e. The minimum absolute atomic E-state index is 0.167. The van der Waals surface area contributed by atoms with Gasteiger partial charge in [-0.05, 0) is 50.5 Å². The first-order valence-corrected chi connectivity index (χ1v) is 6.26. The SMILES string of the molecule is CCN(C(=O)c1ccc(NC)c(C)c1)C1CC1. The summed E-state index contributed by atoms with van der Waals surface area (Å²) in [6.45, 7) is 4.87. The predicted octanol–water partition coefficient (Wildman–Crippen LogP) is 2.66. The van der Waals surface area contributed by atoms with Gasteiger partial charge in [-0.2, -0.15) is 0 Å². The Labute approximate surface area is 103 Å². The van der Waals surface area contributed by atoms with Gasteiger partial charge in [0.15, 0.2) is 0 Å². The molecule has 1 N–H and O–H groups in total. The standard InChI is InChI=1S/C14H20N2O/c1-4-16(12-6-7-12)14(17)11-5-8-13(15-3)10(2)9-11/h5,8-9,12,15H,4,6-7H2,1-3H3. The fourth-order valence-corrected chi connectivity index (χ4v) is 2.20. The van der Waals surface area contributed by atoms with Gasteiger partial charge in [0.2, 0.25) is 0 Å². The van der Waals surface area contributed by atoms with Crippen molar-refractivity contribution < 1.29 is 4.79 Å². The number of nitrogens with one attached hydrogen (secondary N) is 1. The molecule has 92 valence electrons. The number of hydrogen-bond donors (Lipinski definition) is 1. The second-order valence-electron chi connectivity index (χ2n) is 4.60. The Morgan fingerprint density at radius 3 is 2.65 bits per heavy atom. The van der Waals surface area contributed by atoms with Crippen molar-refractivity contribution in [2.45, 2.75) is 32.7 Å². The van der Waals surface area contributed by atoms with Crippen molar-refractivity contribution >= 4 is 11.6 Å². The lowest BCUT2D eigenvalue weighted by Crippen LogP contribution is -2.32. The van der Waals surface area contributed by atoms with E-state index in [1.54, 1.807) is 0 Å². The van der Waals surface area contributed by atoms with E-state index in [2.05, 4.69) is 5.32 Å². The van der Waals surface area contributed by atoms with Crippen LogP contribution in [0.2, 0.25) is 0 Å². The summed E-state index contributed by atoms with van der Waals surface area (Å²) in [5.74, 6) is 0.167. The molecule has 1 aliphatic rings. The molecule has 1 amide bonds. The van der Waals surface area contributed by atoms with Crippen molar-refractivity contribution in [1.82, 2.24) is 4.90 Å². The third-order valence-corrected chi connectivity index (χ3v) is 3.33. The molecule has 0 atom stereocenters. The van der Waals surface area contributed by atoms with Crippen LogP contribution in [0.5, 0.6) is 0 Å². The number of nitrogens with zero attached hydrogens (tertiary/aromatic N) is 1. The van der Waals surface area contributed by atoms with E-state index in [0.29, 0.717) is 6.04 Å². The van der Waals surface area contributed by atoms with E-state index in [1.807, 2.05) is 44.0 Å². The maximum absolute atomic E-state index is 12.3. The highest BCUT2D eigenvalue weighted by molar-refractivity contribution is 5.95. The molecule has 0 radical (unpaired) electrons. The van der Waals surface area contributed by atoms with E-state index in [-0.39, 0.29) is 5.91 Å². The van der Waals surface area contributed by atoms with Crippen molar-refractivity contribution in [1.29, 1.82) is 0 Å². The molecule has 2 rings (SSSR count). The molecular formula is C14H20N2O. The predicted molar refractivity (Wildman–Crippen MR) is 70.5 cm³/mol. The smallest absolute Gasteiger partial charge is 0.254 e. The van der Waals surface area contributed by atoms with Crippen LogP contribution in [-0.4, -0.2) is 30.4 Å². The maximum Gasteiger partial charge on any atom is 0.254 e. The van der Waals surface area contributed by atoms with Gasteiger partial charge in [0.25, 0.3) is 5.91 Å². The molecular weight excluding hydrogens is 212 g/mol. The van der Waals surface area contributed by atoms with Crippen molar-refractivity contribution in [3.8, 4) is 0 Å². The monoisotopic (exact) mass is 232 g/mol. The van der Waals surface area contributed by atoms with Gasteiger partial charge >= 0.3 is 0 Å². The zero-order valence-corrected chi connectivity index (χ0v) is 10.8. The van der Waals surface area contributed by atoms with Crippen molar-refractivity contribution in [3.05, 3.63) is 29.3 Å². The molecule has 0 aliphatic heterocycles. The molecule has 1 saturated carbocycles. The second kappa shape index (κ2) is 4.78. The molecule has 1 fully saturated rings. The number of carbonyl (C=O) groups is 1. The van der Waals surface area contributed by atoms with Gasteiger partial charge < -0.3 is 10.2 Å². The normalized spacial score (nSPS) is 14.5. The van der Waals surface area contributed by atoms with Gasteiger partial charge in [-0.3, -0.25) is 4.79 Å². The van der Waals surface area contributed by atoms with Crippen molar-refractivity contribution in [2.24, 2.45) is 0 Å². The van der Waals surface area contributed by atoms with Crippen molar-refractivity contribution in [2.75, 3.05) is 18.9 Å². The highest BCUT2D eigenvalue weighted by Gasteiger charge is 2.31.